The molecule has 0 unspecified atom stereocenters. The van der Waals surface area contributed by atoms with Crippen LogP contribution in [-0.4, -0.2) is 34.3 Å². The highest BCUT2D eigenvalue weighted by atomic mass is 19.1. The quantitative estimate of drug-likeness (QED) is 0.456. The first-order valence-corrected chi connectivity index (χ1v) is 11.4. The first-order valence-electron chi connectivity index (χ1n) is 11.4. The molecular formula is C27H32FN3O3. The number of aryl methyl sites for hydroxylation is 2. The number of benzene rings is 2. The van der Waals surface area contributed by atoms with E-state index in [0.717, 1.165) is 28.1 Å². The summed E-state index contributed by atoms with van der Waals surface area (Å²) in [5.74, 6) is 0.824. The van der Waals surface area contributed by atoms with Crippen molar-refractivity contribution in [2.45, 2.75) is 53.8 Å². The van der Waals surface area contributed by atoms with E-state index in [-0.39, 0.29) is 43.4 Å². The standard InChI is InChI=1S/C27H32FN3O3/c1-18(2)31(27(33)29-25-8-6-7-19(3)21(25)5)17-26(32)30(16-24-14-9-20(4)34-24)15-22-10-12-23(28)13-11-22/h6-14,18H,15-17H2,1-5H3,(H,29,33). The van der Waals surface area contributed by atoms with E-state index in [0.29, 0.717) is 5.76 Å². The van der Waals surface area contributed by atoms with E-state index in [1.54, 1.807) is 17.0 Å². The molecule has 0 atom stereocenters. The molecule has 0 aliphatic heterocycles. The van der Waals surface area contributed by atoms with Gasteiger partial charge in [-0.15, -0.1) is 0 Å². The van der Waals surface area contributed by atoms with Crippen LogP contribution in [-0.2, 0) is 17.9 Å². The van der Waals surface area contributed by atoms with E-state index in [2.05, 4.69) is 5.32 Å². The highest BCUT2D eigenvalue weighted by Crippen LogP contribution is 2.19. The van der Waals surface area contributed by atoms with Crippen LogP contribution in [0.25, 0.3) is 0 Å². The summed E-state index contributed by atoms with van der Waals surface area (Å²) in [7, 11) is 0. The van der Waals surface area contributed by atoms with Gasteiger partial charge in [0.15, 0.2) is 0 Å². The normalized spacial score (nSPS) is 10.9. The number of urea groups is 1. The number of hydrogen-bond donors (Lipinski definition) is 1. The lowest BCUT2D eigenvalue weighted by Crippen LogP contribution is -2.47. The minimum absolute atomic E-state index is 0.102. The second-order valence-electron chi connectivity index (χ2n) is 8.79. The summed E-state index contributed by atoms with van der Waals surface area (Å²) in [6, 6.07) is 14.9. The summed E-state index contributed by atoms with van der Waals surface area (Å²) in [6.07, 6.45) is 0. The number of hydrogen-bond acceptors (Lipinski definition) is 3. The van der Waals surface area contributed by atoms with Crippen molar-refractivity contribution in [2.75, 3.05) is 11.9 Å². The third-order valence-corrected chi connectivity index (χ3v) is 5.82. The second-order valence-corrected chi connectivity index (χ2v) is 8.79. The largest absolute Gasteiger partial charge is 0.464 e. The minimum atomic E-state index is -0.340. The highest BCUT2D eigenvalue weighted by molar-refractivity contribution is 5.93. The summed E-state index contributed by atoms with van der Waals surface area (Å²) in [5.41, 5.74) is 3.56. The number of rotatable bonds is 8. The van der Waals surface area contributed by atoms with Crippen LogP contribution in [0.1, 0.15) is 42.1 Å². The van der Waals surface area contributed by atoms with Gasteiger partial charge in [-0.2, -0.15) is 0 Å². The molecule has 0 bridgehead atoms. The molecule has 0 aliphatic rings. The summed E-state index contributed by atoms with van der Waals surface area (Å²) >= 11 is 0. The van der Waals surface area contributed by atoms with Crippen LogP contribution >= 0.6 is 0 Å². The summed E-state index contributed by atoms with van der Waals surface area (Å²) in [5, 5.41) is 2.94. The molecule has 6 nitrogen and oxygen atoms in total. The van der Waals surface area contributed by atoms with E-state index >= 15 is 0 Å². The van der Waals surface area contributed by atoms with Crippen molar-refractivity contribution in [3.05, 3.63) is 88.6 Å². The number of furan rings is 1. The van der Waals surface area contributed by atoms with Gasteiger partial charge in [0.25, 0.3) is 0 Å². The Morgan fingerprint density at radius 2 is 1.68 bits per heavy atom. The van der Waals surface area contributed by atoms with Gasteiger partial charge in [0.05, 0.1) is 6.54 Å². The molecule has 3 rings (SSSR count). The third kappa shape index (κ3) is 6.47. The van der Waals surface area contributed by atoms with Gasteiger partial charge in [0, 0.05) is 18.3 Å². The maximum Gasteiger partial charge on any atom is 0.322 e. The van der Waals surface area contributed by atoms with E-state index < -0.39 is 0 Å². The van der Waals surface area contributed by atoms with Gasteiger partial charge >= 0.3 is 6.03 Å². The Morgan fingerprint density at radius 3 is 2.29 bits per heavy atom. The fraction of sp³-hybridized carbons (Fsp3) is 0.333. The molecule has 34 heavy (non-hydrogen) atoms. The van der Waals surface area contributed by atoms with E-state index in [9.17, 15) is 14.0 Å². The molecule has 1 aromatic heterocycles. The molecule has 3 amide bonds. The smallest absolute Gasteiger partial charge is 0.322 e. The lowest BCUT2D eigenvalue weighted by Gasteiger charge is -2.30. The second kappa shape index (κ2) is 11.0. The van der Waals surface area contributed by atoms with Crippen molar-refractivity contribution in [1.82, 2.24) is 9.80 Å². The first-order chi connectivity index (χ1) is 16.1. The minimum Gasteiger partial charge on any atom is -0.464 e. The lowest BCUT2D eigenvalue weighted by molar-refractivity contribution is -0.133. The highest BCUT2D eigenvalue weighted by Gasteiger charge is 2.25. The molecule has 1 heterocycles. The maximum atomic E-state index is 13.4. The van der Waals surface area contributed by atoms with Crippen molar-refractivity contribution in [1.29, 1.82) is 0 Å². The van der Waals surface area contributed by atoms with Gasteiger partial charge in [-0.1, -0.05) is 24.3 Å². The van der Waals surface area contributed by atoms with Crippen LogP contribution in [0.3, 0.4) is 0 Å². The van der Waals surface area contributed by atoms with Crippen molar-refractivity contribution >= 4 is 17.6 Å². The third-order valence-electron chi connectivity index (χ3n) is 5.82. The Balaban J connectivity index is 1.78. The predicted octanol–water partition coefficient (Wildman–Crippen LogP) is 5.82. The van der Waals surface area contributed by atoms with Crippen LogP contribution in [0.5, 0.6) is 0 Å². The molecule has 0 radical (unpaired) electrons. The van der Waals surface area contributed by atoms with Gasteiger partial charge in [-0.3, -0.25) is 4.79 Å². The number of nitrogens with one attached hydrogen (secondary N) is 1. The van der Waals surface area contributed by atoms with Gasteiger partial charge in [-0.05, 0) is 81.6 Å². The van der Waals surface area contributed by atoms with Gasteiger partial charge in [0.2, 0.25) is 5.91 Å². The topological polar surface area (TPSA) is 65.8 Å². The van der Waals surface area contributed by atoms with Crippen LogP contribution < -0.4 is 5.32 Å². The predicted molar refractivity (Wildman–Crippen MR) is 131 cm³/mol. The van der Waals surface area contributed by atoms with Crippen molar-refractivity contribution in [3.8, 4) is 0 Å². The lowest BCUT2D eigenvalue weighted by atomic mass is 10.1. The van der Waals surface area contributed by atoms with Gasteiger partial charge in [-0.25, -0.2) is 9.18 Å². The average molecular weight is 466 g/mol. The SMILES string of the molecule is Cc1ccc(CN(Cc2ccc(F)cc2)C(=O)CN(C(=O)Nc2cccc(C)c2C)C(C)C)o1. The average Bonchev–Trinajstić information content (AvgIpc) is 3.20. The van der Waals surface area contributed by atoms with Gasteiger partial charge < -0.3 is 19.5 Å². The number of nitrogens with zero attached hydrogens (tertiary/aromatic N) is 2. The van der Waals surface area contributed by atoms with E-state index in [1.807, 2.05) is 65.0 Å². The zero-order chi connectivity index (χ0) is 24.8. The Hall–Kier alpha value is -3.61. The Bertz CT molecular complexity index is 1140. The zero-order valence-electron chi connectivity index (χ0n) is 20.4. The van der Waals surface area contributed by atoms with Crippen LogP contribution in [0.2, 0.25) is 0 Å². The van der Waals surface area contributed by atoms with Crippen molar-refractivity contribution < 1.29 is 18.4 Å². The van der Waals surface area contributed by atoms with Gasteiger partial charge in [0.1, 0.15) is 23.9 Å². The van der Waals surface area contributed by atoms with Crippen LogP contribution in [0.4, 0.5) is 14.9 Å². The fourth-order valence-electron chi connectivity index (χ4n) is 3.61. The summed E-state index contributed by atoms with van der Waals surface area (Å²) in [4.78, 5) is 29.7. The monoisotopic (exact) mass is 465 g/mol. The first kappa shape index (κ1) is 25.0. The number of halogens is 1. The zero-order valence-corrected chi connectivity index (χ0v) is 20.4. The molecule has 0 saturated heterocycles. The van der Waals surface area contributed by atoms with E-state index in [4.69, 9.17) is 4.42 Å². The van der Waals surface area contributed by atoms with Crippen LogP contribution in [0.15, 0.2) is 59.0 Å². The molecule has 0 aliphatic carbocycles. The van der Waals surface area contributed by atoms with Crippen LogP contribution in [0, 0.1) is 26.6 Å². The molecular weight excluding hydrogens is 433 g/mol. The Labute approximate surface area is 200 Å². The molecule has 0 fully saturated rings. The molecule has 2 aromatic carbocycles. The molecule has 7 heteroatoms. The number of anilines is 1. The molecule has 1 N–H and O–H groups in total. The summed E-state index contributed by atoms with van der Waals surface area (Å²) < 4.78 is 19.0. The van der Waals surface area contributed by atoms with Crippen molar-refractivity contribution in [2.24, 2.45) is 0 Å². The fourth-order valence-corrected chi connectivity index (χ4v) is 3.61. The van der Waals surface area contributed by atoms with E-state index in [1.165, 1.54) is 17.0 Å². The maximum absolute atomic E-state index is 13.4. The number of carbonyl (C=O) groups excluding carboxylic acids is 2. The Morgan fingerprint density at radius 1 is 0.971 bits per heavy atom. The number of carbonyl (C=O) groups is 2. The Kier molecular flexibility index (Phi) is 8.10. The number of amides is 3. The molecule has 3 aromatic rings. The van der Waals surface area contributed by atoms with Crippen molar-refractivity contribution in [3.63, 3.8) is 0 Å². The molecule has 0 spiro atoms. The molecule has 0 saturated carbocycles. The summed E-state index contributed by atoms with van der Waals surface area (Å²) in [6.45, 7) is 9.93. The molecule has 180 valence electrons.